The van der Waals surface area contributed by atoms with Crippen molar-refractivity contribution in [1.29, 1.82) is 0 Å². The maximum absolute atomic E-state index is 10.6. The Morgan fingerprint density at radius 1 is 1.50 bits per heavy atom. The molecule has 1 rings (SSSR count). The maximum Gasteiger partial charge on any atom is 0.335 e. The second kappa shape index (κ2) is 5.65. The summed E-state index contributed by atoms with van der Waals surface area (Å²) in [5, 5.41) is 18.1. The van der Waals surface area contributed by atoms with Crippen LogP contribution in [0.5, 0.6) is 0 Å². The van der Waals surface area contributed by atoms with E-state index < -0.39 is 5.97 Å². The molecule has 0 saturated carbocycles. The molecule has 0 saturated heterocycles. The predicted octanol–water partition coefficient (Wildman–Crippen LogP) is 2.50. The number of hydrogen-bond donors (Lipinski definition) is 1. The number of hydrogen-bond acceptors (Lipinski definition) is 3. The van der Waals surface area contributed by atoms with Crippen LogP contribution < -0.4 is 0 Å². The van der Waals surface area contributed by atoms with E-state index >= 15 is 0 Å². The highest BCUT2D eigenvalue weighted by molar-refractivity contribution is 5.87. The largest absolute Gasteiger partial charge is 0.478 e. The zero-order valence-corrected chi connectivity index (χ0v) is 9.00. The molecule has 0 spiro atoms. The maximum atomic E-state index is 10.6. The van der Waals surface area contributed by atoms with E-state index in [9.17, 15) is 4.79 Å². The zero-order chi connectivity index (χ0) is 12.0. The first-order valence-electron chi connectivity index (χ1n) is 4.70. The topological polar surface area (TPSA) is 65.3 Å². The van der Waals surface area contributed by atoms with Crippen molar-refractivity contribution < 1.29 is 9.90 Å². The minimum atomic E-state index is -0.952. The van der Waals surface area contributed by atoms with Crippen LogP contribution in [-0.4, -0.2) is 29.7 Å². The summed E-state index contributed by atoms with van der Waals surface area (Å²) in [6.45, 7) is 4.19. The van der Waals surface area contributed by atoms with E-state index in [1.165, 1.54) is 12.1 Å². The Bertz CT molecular complexity index is 398. The Hall–Kier alpha value is -2.17. The Balaban J connectivity index is 2.68. The van der Waals surface area contributed by atoms with Crippen LogP contribution in [0, 0.1) is 0 Å². The highest BCUT2D eigenvalue weighted by Gasteiger charge is 2.00. The Kier molecular flexibility index (Phi) is 4.20. The first kappa shape index (κ1) is 11.9. The van der Waals surface area contributed by atoms with E-state index in [1.54, 1.807) is 30.3 Å². The summed E-state index contributed by atoms with van der Waals surface area (Å²) < 4.78 is 0. The number of nitrogens with zero attached hydrogens (tertiary/aromatic N) is 3. The normalized spacial score (nSPS) is 10.3. The number of aromatic carboxylic acids is 1. The van der Waals surface area contributed by atoms with Gasteiger partial charge in [0.2, 0.25) is 0 Å². The average Bonchev–Trinajstić information content (AvgIpc) is 2.27. The van der Waals surface area contributed by atoms with Gasteiger partial charge in [-0.2, -0.15) is 0 Å². The van der Waals surface area contributed by atoms with Gasteiger partial charge in [-0.15, -0.1) is 11.7 Å². The molecule has 0 heterocycles. The standard InChI is InChI=1S/C11H13N3O2/c1-3-8-14(2)13-12-10-6-4-9(5-7-10)11(15)16/h3-7H,1,8H2,2H3,(H,15,16). The average molecular weight is 219 g/mol. The van der Waals surface area contributed by atoms with E-state index in [-0.39, 0.29) is 5.56 Å². The van der Waals surface area contributed by atoms with Crippen LogP contribution in [0.2, 0.25) is 0 Å². The fourth-order valence-electron chi connectivity index (χ4n) is 1.02. The summed E-state index contributed by atoms with van der Waals surface area (Å²) in [5.41, 5.74) is 0.847. The molecule has 0 fully saturated rings. The van der Waals surface area contributed by atoms with Crippen molar-refractivity contribution in [3.05, 3.63) is 42.5 Å². The van der Waals surface area contributed by atoms with E-state index in [2.05, 4.69) is 16.9 Å². The summed E-state index contributed by atoms with van der Waals surface area (Å²) in [6, 6.07) is 6.19. The molecule has 0 radical (unpaired) electrons. The van der Waals surface area contributed by atoms with Crippen LogP contribution in [-0.2, 0) is 0 Å². The second-order valence-electron chi connectivity index (χ2n) is 3.17. The first-order valence-corrected chi connectivity index (χ1v) is 4.70. The Morgan fingerprint density at radius 2 is 2.12 bits per heavy atom. The molecular formula is C11H13N3O2. The molecule has 1 N–H and O–H groups in total. The molecule has 16 heavy (non-hydrogen) atoms. The molecule has 1 aromatic rings. The zero-order valence-electron chi connectivity index (χ0n) is 9.00. The van der Waals surface area contributed by atoms with Crippen molar-refractivity contribution in [3.8, 4) is 0 Å². The summed E-state index contributed by atoms with van der Waals surface area (Å²) in [6.07, 6.45) is 1.71. The van der Waals surface area contributed by atoms with Crippen molar-refractivity contribution in [1.82, 2.24) is 5.01 Å². The highest BCUT2D eigenvalue weighted by atomic mass is 16.4. The number of carboxylic acids is 1. The minimum absolute atomic E-state index is 0.235. The van der Waals surface area contributed by atoms with Crippen molar-refractivity contribution in [2.45, 2.75) is 0 Å². The molecule has 0 aliphatic rings. The lowest BCUT2D eigenvalue weighted by molar-refractivity contribution is 0.0697. The molecule has 0 amide bonds. The van der Waals surface area contributed by atoms with E-state index in [0.29, 0.717) is 12.2 Å². The monoisotopic (exact) mass is 219 g/mol. The van der Waals surface area contributed by atoms with Crippen molar-refractivity contribution in [2.24, 2.45) is 10.3 Å². The van der Waals surface area contributed by atoms with Crippen molar-refractivity contribution in [2.75, 3.05) is 13.6 Å². The van der Waals surface area contributed by atoms with E-state index in [1.807, 2.05) is 0 Å². The Morgan fingerprint density at radius 3 is 2.62 bits per heavy atom. The van der Waals surface area contributed by atoms with Gasteiger partial charge in [0.25, 0.3) is 0 Å². The number of rotatable bonds is 5. The molecule has 84 valence electrons. The van der Waals surface area contributed by atoms with Gasteiger partial charge in [-0.25, -0.2) is 4.79 Å². The van der Waals surface area contributed by atoms with Crippen LogP contribution in [0.1, 0.15) is 10.4 Å². The van der Waals surface area contributed by atoms with Crippen LogP contribution in [0.4, 0.5) is 5.69 Å². The molecule has 0 aromatic heterocycles. The highest BCUT2D eigenvalue weighted by Crippen LogP contribution is 2.13. The Labute approximate surface area is 93.7 Å². The van der Waals surface area contributed by atoms with Crippen LogP contribution in [0.3, 0.4) is 0 Å². The summed E-state index contributed by atoms with van der Waals surface area (Å²) in [5.74, 6) is -0.952. The molecule has 0 aliphatic heterocycles. The van der Waals surface area contributed by atoms with E-state index in [4.69, 9.17) is 5.11 Å². The number of likely N-dealkylation sites (N-methyl/N-ethyl adjacent to an activating group) is 1. The fraction of sp³-hybridized carbons (Fsp3) is 0.182. The van der Waals surface area contributed by atoms with Gasteiger partial charge >= 0.3 is 5.97 Å². The van der Waals surface area contributed by atoms with Gasteiger partial charge in [0.1, 0.15) is 0 Å². The molecule has 0 atom stereocenters. The van der Waals surface area contributed by atoms with Gasteiger partial charge in [0.15, 0.2) is 0 Å². The summed E-state index contributed by atoms with van der Waals surface area (Å²) >= 11 is 0. The van der Waals surface area contributed by atoms with Gasteiger partial charge in [-0.1, -0.05) is 11.3 Å². The minimum Gasteiger partial charge on any atom is -0.478 e. The van der Waals surface area contributed by atoms with Gasteiger partial charge in [-0.3, -0.25) is 5.01 Å². The third kappa shape index (κ3) is 3.53. The lowest BCUT2D eigenvalue weighted by atomic mass is 10.2. The van der Waals surface area contributed by atoms with Crippen molar-refractivity contribution >= 4 is 11.7 Å². The number of carbonyl (C=O) groups is 1. The summed E-state index contributed by atoms with van der Waals surface area (Å²) in [7, 11) is 1.77. The SMILES string of the molecule is C=CCN(C)N=Nc1ccc(C(=O)O)cc1. The lowest BCUT2D eigenvalue weighted by Gasteiger charge is -2.06. The quantitative estimate of drug-likeness (QED) is 0.470. The fourth-order valence-corrected chi connectivity index (χ4v) is 1.02. The molecule has 5 nitrogen and oxygen atoms in total. The van der Waals surface area contributed by atoms with Gasteiger partial charge < -0.3 is 5.11 Å². The third-order valence-corrected chi connectivity index (χ3v) is 1.82. The first-order chi connectivity index (χ1) is 7.63. The molecule has 0 unspecified atom stereocenters. The van der Waals surface area contributed by atoms with Gasteiger partial charge in [0.05, 0.1) is 17.8 Å². The summed E-state index contributed by atoms with van der Waals surface area (Å²) in [4.78, 5) is 10.6. The van der Waals surface area contributed by atoms with Crippen LogP contribution >= 0.6 is 0 Å². The molecule has 0 aliphatic carbocycles. The van der Waals surface area contributed by atoms with Gasteiger partial charge in [-0.05, 0) is 24.3 Å². The smallest absolute Gasteiger partial charge is 0.335 e. The molecule has 5 heteroatoms. The lowest BCUT2D eigenvalue weighted by Crippen LogP contribution is -2.08. The van der Waals surface area contributed by atoms with Gasteiger partial charge in [0, 0.05) is 7.05 Å². The van der Waals surface area contributed by atoms with E-state index in [0.717, 1.165) is 0 Å². The third-order valence-electron chi connectivity index (χ3n) is 1.82. The number of benzene rings is 1. The molecular weight excluding hydrogens is 206 g/mol. The van der Waals surface area contributed by atoms with Crippen LogP contribution in [0.25, 0.3) is 0 Å². The second-order valence-corrected chi connectivity index (χ2v) is 3.17. The number of carboxylic acid groups (broad SMARTS) is 1. The van der Waals surface area contributed by atoms with Crippen LogP contribution in [0.15, 0.2) is 47.3 Å². The predicted molar refractivity (Wildman–Crippen MR) is 60.7 cm³/mol. The van der Waals surface area contributed by atoms with Crippen molar-refractivity contribution in [3.63, 3.8) is 0 Å². The molecule has 0 bridgehead atoms. The molecule has 1 aromatic carbocycles.